The Kier molecular flexibility index (Phi) is 24.4. The predicted molar refractivity (Wildman–Crippen MR) is 185 cm³/mol. The van der Waals surface area contributed by atoms with Crippen LogP contribution in [0.4, 0.5) is 0 Å². The topological polar surface area (TPSA) is 78.9 Å². The molecular formula is C39H72O6. The van der Waals surface area contributed by atoms with Gasteiger partial charge >= 0.3 is 17.9 Å². The van der Waals surface area contributed by atoms with Gasteiger partial charge in [-0.3, -0.25) is 14.4 Å². The van der Waals surface area contributed by atoms with Crippen LogP contribution in [0.2, 0.25) is 0 Å². The summed E-state index contributed by atoms with van der Waals surface area (Å²) in [5.41, 5.74) is 0. The van der Waals surface area contributed by atoms with Crippen LogP contribution >= 0.6 is 0 Å². The van der Waals surface area contributed by atoms with E-state index in [1.807, 2.05) is 0 Å². The number of hydrogen-bond donors (Lipinski definition) is 0. The Labute approximate surface area is 277 Å². The molecule has 1 rings (SSSR count). The molecule has 1 aliphatic rings. The van der Waals surface area contributed by atoms with Crippen LogP contribution in [-0.2, 0) is 28.6 Å². The summed E-state index contributed by atoms with van der Waals surface area (Å²) in [6, 6.07) is 0. The Bertz CT molecular complexity index is 661. The molecule has 264 valence electrons. The quantitative estimate of drug-likeness (QED) is 0.0659. The van der Waals surface area contributed by atoms with Crippen LogP contribution in [0.1, 0.15) is 176 Å². The number of carbonyl (C=O) groups is 3. The van der Waals surface area contributed by atoms with E-state index >= 15 is 0 Å². The average Bonchev–Trinajstić information content (AvgIpc) is 3.05. The fourth-order valence-corrected chi connectivity index (χ4v) is 6.92. The van der Waals surface area contributed by atoms with Crippen LogP contribution in [0.5, 0.6) is 0 Å². The van der Waals surface area contributed by atoms with Crippen molar-refractivity contribution in [3.8, 4) is 0 Å². The standard InChI is InChI=1S/C39H72O6/c1-7-13-16-31(10-4)28-43-37(40)22-19-34-25-35(20-23-38(41)44-29-32(11-5)17-14-8-2)27-36(26-34)21-24-39(42)45-30-33(12-6)18-15-9-3/h31-36H,7-30H2,1-6H3. The van der Waals surface area contributed by atoms with Crippen molar-refractivity contribution in [1.29, 1.82) is 0 Å². The molecule has 6 heteroatoms. The first-order valence-electron chi connectivity index (χ1n) is 19.2. The summed E-state index contributed by atoms with van der Waals surface area (Å²) in [6.07, 6.45) is 20.4. The number of carbonyl (C=O) groups excluding carboxylic acids is 3. The second-order valence-electron chi connectivity index (χ2n) is 14.2. The lowest BCUT2D eigenvalue weighted by Gasteiger charge is -2.35. The van der Waals surface area contributed by atoms with Gasteiger partial charge in [-0.1, -0.05) is 99.3 Å². The fraction of sp³-hybridized carbons (Fsp3) is 0.923. The molecular weight excluding hydrogens is 564 g/mol. The third-order valence-corrected chi connectivity index (χ3v) is 10.3. The van der Waals surface area contributed by atoms with Gasteiger partial charge in [0.05, 0.1) is 19.8 Å². The highest BCUT2D eigenvalue weighted by atomic mass is 16.5. The smallest absolute Gasteiger partial charge is 0.305 e. The van der Waals surface area contributed by atoms with E-state index in [-0.39, 0.29) is 17.9 Å². The van der Waals surface area contributed by atoms with Gasteiger partial charge in [-0.15, -0.1) is 0 Å². The molecule has 0 bridgehead atoms. The van der Waals surface area contributed by atoms with Crippen molar-refractivity contribution in [3.05, 3.63) is 0 Å². The molecule has 0 heterocycles. The maximum absolute atomic E-state index is 12.7. The summed E-state index contributed by atoms with van der Waals surface area (Å²) in [7, 11) is 0. The van der Waals surface area contributed by atoms with E-state index in [0.29, 0.717) is 74.6 Å². The van der Waals surface area contributed by atoms with E-state index in [1.54, 1.807) is 0 Å². The van der Waals surface area contributed by atoms with Gasteiger partial charge in [0.15, 0.2) is 0 Å². The molecule has 0 aliphatic heterocycles. The van der Waals surface area contributed by atoms with E-state index in [2.05, 4.69) is 41.5 Å². The number of esters is 3. The lowest BCUT2D eigenvalue weighted by Crippen LogP contribution is -2.26. The summed E-state index contributed by atoms with van der Waals surface area (Å²) in [5, 5.41) is 0. The molecule has 0 amide bonds. The first kappa shape index (κ1) is 41.4. The van der Waals surface area contributed by atoms with Crippen molar-refractivity contribution >= 4 is 17.9 Å². The van der Waals surface area contributed by atoms with Crippen LogP contribution in [0.15, 0.2) is 0 Å². The van der Waals surface area contributed by atoms with Gasteiger partial charge in [0, 0.05) is 19.3 Å². The van der Waals surface area contributed by atoms with Crippen molar-refractivity contribution < 1.29 is 28.6 Å². The molecule has 0 radical (unpaired) electrons. The number of rotatable bonds is 27. The van der Waals surface area contributed by atoms with Gasteiger partial charge in [0.2, 0.25) is 0 Å². The molecule has 0 saturated heterocycles. The molecule has 3 atom stereocenters. The van der Waals surface area contributed by atoms with Gasteiger partial charge in [-0.25, -0.2) is 0 Å². The minimum Gasteiger partial charge on any atom is -0.465 e. The molecule has 3 unspecified atom stereocenters. The number of hydrogen-bond acceptors (Lipinski definition) is 6. The van der Waals surface area contributed by atoms with Crippen LogP contribution < -0.4 is 0 Å². The van der Waals surface area contributed by atoms with E-state index in [0.717, 1.165) is 77.0 Å². The maximum atomic E-state index is 12.7. The molecule has 1 saturated carbocycles. The summed E-state index contributed by atoms with van der Waals surface area (Å²) in [6.45, 7) is 14.7. The molecule has 6 nitrogen and oxygen atoms in total. The van der Waals surface area contributed by atoms with Crippen LogP contribution in [-0.4, -0.2) is 37.7 Å². The average molecular weight is 637 g/mol. The van der Waals surface area contributed by atoms with E-state index in [1.165, 1.54) is 38.5 Å². The monoisotopic (exact) mass is 637 g/mol. The second-order valence-corrected chi connectivity index (χ2v) is 14.2. The molecule has 0 aromatic carbocycles. The molecule has 45 heavy (non-hydrogen) atoms. The second kappa shape index (κ2) is 26.5. The minimum absolute atomic E-state index is 0.0853. The van der Waals surface area contributed by atoms with Crippen molar-refractivity contribution in [2.75, 3.05) is 19.8 Å². The summed E-state index contributed by atoms with van der Waals surface area (Å²) < 4.78 is 17.1. The van der Waals surface area contributed by atoms with Crippen molar-refractivity contribution in [2.45, 2.75) is 176 Å². The number of ether oxygens (including phenoxy) is 3. The Morgan fingerprint density at radius 1 is 0.489 bits per heavy atom. The summed E-state index contributed by atoms with van der Waals surface area (Å²) in [5.74, 6) is 2.34. The van der Waals surface area contributed by atoms with Crippen LogP contribution in [0.3, 0.4) is 0 Å². The van der Waals surface area contributed by atoms with Crippen LogP contribution in [0, 0.1) is 35.5 Å². The lowest BCUT2D eigenvalue weighted by molar-refractivity contribution is -0.146. The third-order valence-electron chi connectivity index (χ3n) is 10.3. The SMILES string of the molecule is CCCCC(CC)COC(=O)CCC1CC(CCC(=O)OCC(CC)CCCC)CC(CCC(=O)OCC(CC)CCCC)C1. The van der Waals surface area contributed by atoms with E-state index in [4.69, 9.17) is 14.2 Å². The maximum Gasteiger partial charge on any atom is 0.305 e. The van der Waals surface area contributed by atoms with Crippen molar-refractivity contribution in [2.24, 2.45) is 35.5 Å². The Balaban J connectivity index is 2.66. The highest BCUT2D eigenvalue weighted by molar-refractivity contribution is 5.70. The summed E-state index contributed by atoms with van der Waals surface area (Å²) in [4.78, 5) is 38.0. The Morgan fingerprint density at radius 2 is 0.756 bits per heavy atom. The van der Waals surface area contributed by atoms with E-state index in [9.17, 15) is 14.4 Å². The van der Waals surface area contributed by atoms with Gasteiger partial charge < -0.3 is 14.2 Å². The molecule has 0 spiro atoms. The first-order valence-corrected chi connectivity index (χ1v) is 19.2. The largest absolute Gasteiger partial charge is 0.465 e. The highest BCUT2D eigenvalue weighted by Crippen LogP contribution is 2.40. The molecule has 0 N–H and O–H groups in total. The third kappa shape index (κ3) is 20.3. The molecule has 1 aliphatic carbocycles. The van der Waals surface area contributed by atoms with Crippen molar-refractivity contribution in [3.63, 3.8) is 0 Å². The zero-order valence-corrected chi connectivity index (χ0v) is 30.4. The number of unbranched alkanes of at least 4 members (excludes halogenated alkanes) is 3. The highest BCUT2D eigenvalue weighted by Gasteiger charge is 2.30. The predicted octanol–water partition coefficient (Wildman–Crippen LogP) is 10.6. The van der Waals surface area contributed by atoms with E-state index < -0.39 is 0 Å². The van der Waals surface area contributed by atoms with Gasteiger partial charge in [0.1, 0.15) is 0 Å². The zero-order valence-electron chi connectivity index (χ0n) is 30.4. The van der Waals surface area contributed by atoms with Crippen LogP contribution in [0.25, 0.3) is 0 Å². The minimum atomic E-state index is -0.0853. The zero-order chi connectivity index (χ0) is 33.3. The summed E-state index contributed by atoms with van der Waals surface area (Å²) >= 11 is 0. The molecule has 0 aromatic rings. The fourth-order valence-electron chi connectivity index (χ4n) is 6.92. The van der Waals surface area contributed by atoms with Gasteiger partial charge in [0.25, 0.3) is 0 Å². The van der Waals surface area contributed by atoms with Gasteiger partial charge in [-0.05, 0) is 93.3 Å². The molecule has 1 fully saturated rings. The van der Waals surface area contributed by atoms with Crippen molar-refractivity contribution in [1.82, 2.24) is 0 Å². The first-order chi connectivity index (χ1) is 21.8. The Hall–Kier alpha value is -1.59. The Morgan fingerprint density at radius 3 is 0.978 bits per heavy atom. The van der Waals surface area contributed by atoms with Gasteiger partial charge in [-0.2, -0.15) is 0 Å². The normalized spacial score (nSPS) is 20.3. The molecule has 0 aromatic heterocycles. The lowest BCUT2D eigenvalue weighted by atomic mass is 9.71.